The fourth-order valence-electron chi connectivity index (χ4n) is 2.71. The maximum Gasteiger partial charge on any atom is 0.338 e. The monoisotopic (exact) mass is 358 g/mol. The Morgan fingerprint density at radius 2 is 1.76 bits per heavy atom. The molecular formula is C20H19ClO4. The molecule has 5 heteroatoms. The first-order chi connectivity index (χ1) is 12.1. The molecule has 1 atom stereocenters. The molecule has 1 saturated carbocycles. The summed E-state index contributed by atoms with van der Waals surface area (Å²) in [6.45, 7) is 0.387. The molecule has 0 N–H and O–H groups in total. The van der Waals surface area contributed by atoms with Crippen LogP contribution in [0.25, 0.3) is 0 Å². The SMILES string of the molecule is O=C(O[C@@H]1CCCCC1=O)c1ccc(COc2ccc(Cl)cc2)cc1. The molecule has 0 saturated heterocycles. The van der Waals surface area contributed by atoms with Gasteiger partial charge in [-0.2, -0.15) is 0 Å². The van der Waals surface area contributed by atoms with Crippen LogP contribution in [0.1, 0.15) is 41.6 Å². The summed E-state index contributed by atoms with van der Waals surface area (Å²) in [6, 6.07) is 14.1. The third-order valence-corrected chi connectivity index (χ3v) is 4.41. The molecule has 0 heterocycles. The number of esters is 1. The molecule has 1 aliphatic carbocycles. The smallest absolute Gasteiger partial charge is 0.338 e. The summed E-state index contributed by atoms with van der Waals surface area (Å²) in [4.78, 5) is 23.9. The average molecular weight is 359 g/mol. The number of hydrogen-bond donors (Lipinski definition) is 0. The first-order valence-corrected chi connectivity index (χ1v) is 8.70. The van der Waals surface area contributed by atoms with E-state index in [-0.39, 0.29) is 5.78 Å². The van der Waals surface area contributed by atoms with Crippen LogP contribution >= 0.6 is 11.6 Å². The lowest BCUT2D eigenvalue weighted by Crippen LogP contribution is -2.30. The van der Waals surface area contributed by atoms with Gasteiger partial charge >= 0.3 is 5.97 Å². The largest absolute Gasteiger partial charge is 0.489 e. The lowest BCUT2D eigenvalue weighted by atomic mass is 9.96. The molecule has 2 aromatic rings. The van der Waals surface area contributed by atoms with Gasteiger partial charge in [0.1, 0.15) is 12.4 Å². The number of ether oxygens (including phenoxy) is 2. The number of Topliss-reactive ketones (excluding diaryl/α,β-unsaturated/α-hetero) is 1. The summed E-state index contributed by atoms with van der Waals surface area (Å²) in [6.07, 6.45) is 2.34. The van der Waals surface area contributed by atoms with Crippen molar-refractivity contribution in [2.45, 2.75) is 38.4 Å². The van der Waals surface area contributed by atoms with E-state index < -0.39 is 12.1 Å². The second-order valence-corrected chi connectivity index (χ2v) is 6.48. The first kappa shape index (κ1) is 17.5. The molecule has 0 bridgehead atoms. The molecule has 0 amide bonds. The van der Waals surface area contributed by atoms with Crippen molar-refractivity contribution < 1.29 is 19.1 Å². The molecule has 2 aromatic carbocycles. The minimum absolute atomic E-state index is 0.0209. The minimum Gasteiger partial charge on any atom is -0.489 e. The Balaban J connectivity index is 1.55. The van der Waals surface area contributed by atoms with Crippen LogP contribution in [0.5, 0.6) is 5.75 Å². The molecule has 1 fully saturated rings. The number of rotatable bonds is 5. The fourth-order valence-corrected chi connectivity index (χ4v) is 2.83. The summed E-state index contributed by atoms with van der Waals surface area (Å²) in [5, 5.41) is 0.659. The van der Waals surface area contributed by atoms with Gasteiger partial charge in [0.15, 0.2) is 11.9 Å². The van der Waals surface area contributed by atoms with Crippen LogP contribution in [0.4, 0.5) is 0 Å². The number of carbonyl (C=O) groups excluding carboxylic acids is 2. The van der Waals surface area contributed by atoms with Gasteiger partial charge in [0.2, 0.25) is 0 Å². The molecule has 0 spiro atoms. The molecule has 25 heavy (non-hydrogen) atoms. The van der Waals surface area contributed by atoms with Crippen LogP contribution in [-0.4, -0.2) is 17.9 Å². The van der Waals surface area contributed by atoms with Gasteiger partial charge in [-0.3, -0.25) is 4.79 Å². The summed E-state index contributed by atoms with van der Waals surface area (Å²) in [5.41, 5.74) is 1.37. The van der Waals surface area contributed by atoms with Crippen LogP contribution in [0, 0.1) is 0 Å². The Kier molecular flexibility index (Phi) is 5.71. The van der Waals surface area contributed by atoms with Crippen LogP contribution in [-0.2, 0) is 16.1 Å². The van der Waals surface area contributed by atoms with E-state index in [0.29, 0.717) is 30.0 Å². The van der Waals surface area contributed by atoms with Crippen molar-refractivity contribution in [1.29, 1.82) is 0 Å². The summed E-state index contributed by atoms with van der Waals surface area (Å²) >= 11 is 5.83. The highest BCUT2D eigenvalue weighted by molar-refractivity contribution is 6.30. The number of hydrogen-bond acceptors (Lipinski definition) is 4. The van der Waals surface area contributed by atoms with E-state index in [9.17, 15) is 9.59 Å². The van der Waals surface area contributed by atoms with Crippen molar-refractivity contribution in [1.82, 2.24) is 0 Å². The normalized spacial score (nSPS) is 17.2. The van der Waals surface area contributed by atoms with Gasteiger partial charge in [-0.1, -0.05) is 23.7 Å². The van der Waals surface area contributed by atoms with E-state index in [1.165, 1.54) is 0 Å². The van der Waals surface area contributed by atoms with Crippen molar-refractivity contribution in [2.75, 3.05) is 0 Å². The van der Waals surface area contributed by atoms with E-state index in [0.717, 1.165) is 24.2 Å². The van der Waals surface area contributed by atoms with Gasteiger partial charge in [-0.15, -0.1) is 0 Å². The maximum absolute atomic E-state index is 12.2. The van der Waals surface area contributed by atoms with Gasteiger partial charge in [-0.05, 0) is 61.2 Å². The third-order valence-electron chi connectivity index (χ3n) is 4.16. The molecule has 0 radical (unpaired) electrons. The van der Waals surface area contributed by atoms with Crippen molar-refractivity contribution >= 4 is 23.4 Å². The molecular weight excluding hydrogens is 340 g/mol. The highest BCUT2D eigenvalue weighted by Crippen LogP contribution is 2.20. The molecule has 4 nitrogen and oxygen atoms in total. The highest BCUT2D eigenvalue weighted by Gasteiger charge is 2.26. The summed E-state index contributed by atoms with van der Waals surface area (Å²) in [5.74, 6) is 0.293. The Hall–Kier alpha value is -2.33. The van der Waals surface area contributed by atoms with Crippen molar-refractivity contribution in [3.8, 4) is 5.75 Å². The number of ketones is 1. The minimum atomic E-state index is -0.589. The summed E-state index contributed by atoms with van der Waals surface area (Å²) in [7, 11) is 0. The van der Waals surface area contributed by atoms with E-state index in [4.69, 9.17) is 21.1 Å². The van der Waals surface area contributed by atoms with E-state index in [2.05, 4.69) is 0 Å². The third kappa shape index (κ3) is 4.83. The molecule has 0 unspecified atom stereocenters. The Bertz CT molecular complexity index is 737. The highest BCUT2D eigenvalue weighted by atomic mass is 35.5. The van der Waals surface area contributed by atoms with Crippen LogP contribution in [0.2, 0.25) is 5.02 Å². The Morgan fingerprint density at radius 3 is 2.44 bits per heavy atom. The van der Waals surface area contributed by atoms with Gasteiger partial charge in [0.25, 0.3) is 0 Å². The first-order valence-electron chi connectivity index (χ1n) is 8.33. The topological polar surface area (TPSA) is 52.6 Å². The summed E-state index contributed by atoms with van der Waals surface area (Å²) < 4.78 is 11.0. The van der Waals surface area contributed by atoms with Crippen molar-refractivity contribution in [3.05, 3.63) is 64.7 Å². The van der Waals surface area contributed by atoms with E-state index in [1.807, 2.05) is 12.1 Å². The number of carbonyl (C=O) groups is 2. The average Bonchev–Trinajstić information content (AvgIpc) is 2.63. The molecule has 130 valence electrons. The Morgan fingerprint density at radius 1 is 1.04 bits per heavy atom. The lowest BCUT2D eigenvalue weighted by Gasteiger charge is -2.20. The lowest BCUT2D eigenvalue weighted by molar-refractivity contribution is -0.129. The van der Waals surface area contributed by atoms with E-state index >= 15 is 0 Å². The predicted octanol–water partition coefficient (Wildman–Crippen LogP) is 4.59. The van der Waals surface area contributed by atoms with Crippen molar-refractivity contribution in [2.24, 2.45) is 0 Å². The van der Waals surface area contributed by atoms with Gasteiger partial charge in [-0.25, -0.2) is 4.79 Å². The Labute approximate surface area is 151 Å². The zero-order valence-electron chi connectivity index (χ0n) is 13.7. The zero-order valence-corrected chi connectivity index (χ0v) is 14.5. The van der Waals surface area contributed by atoms with Crippen LogP contribution in [0.3, 0.4) is 0 Å². The number of halogens is 1. The molecule has 1 aliphatic rings. The van der Waals surface area contributed by atoms with Gasteiger partial charge < -0.3 is 9.47 Å². The van der Waals surface area contributed by atoms with Crippen molar-refractivity contribution in [3.63, 3.8) is 0 Å². The fraction of sp³-hybridized carbons (Fsp3) is 0.300. The second kappa shape index (κ2) is 8.17. The molecule has 0 aromatic heterocycles. The zero-order chi connectivity index (χ0) is 17.6. The van der Waals surface area contributed by atoms with Crippen LogP contribution in [0.15, 0.2) is 48.5 Å². The quantitative estimate of drug-likeness (QED) is 0.734. The molecule has 0 aliphatic heterocycles. The standard InChI is InChI=1S/C20H19ClO4/c21-16-9-11-17(12-10-16)24-13-14-5-7-15(8-6-14)20(23)25-19-4-2-1-3-18(19)22/h5-12,19H,1-4,13H2/t19-/m1/s1. The van der Waals surface area contributed by atoms with Gasteiger partial charge in [0, 0.05) is 11.4 Å². The maximum atomic E-state index is 12.2. The number of benzene rings is 2. The second-order valence-electron chi connectivity index (χ2n) is 6.05. The van der Waals surface area contributed by atoms with Crippen LogP contribution < -0.4 is 4.74 Å². The van der Waals surface area contributed by atoms with Gasteiger partial charge in [0.05, 0.1) is 5.56 Å². The van der Waals surface area contributed by atoms with E-state index in [1.54, 1.807) is 36.4 Å². The molecule has 3 rings (SSSR count). The predicted molar refractivity (Wildman–Crippen MR) is 94.9 cm³/mol.